The van der Waals surface area contributed by atoms with Crippen molar-refractivity contribution in [2.24, 2.45) is 5.10 Å². The second kappa shape index (κ2) is 12.0. The number of nitro groups is 1. The predicted octanol–water partition coefficient (Wildman–Crippen LogP) is 4.61. The van der Waals surface area contributed by atoms with Gasteiger partial charge in [0.1, 0.15) is 0 Å². The fourth-order valence-corrected chi connectivity index (χ4v) is 3.44. The Hall–Kier alpha value is -4.48. The van der Waals surface area contributed by atoms with Gasteiger partial charge in [-0.15, -0.1) is 0 Å². The largest absolute Gasteiger partial charge is 0.493 e. The summed E-state index contributed by atoms with van der Waals surface area (Å²) in [6, 6.07) is 13.8. The lowest BCUT2D eigenvalue weighted by Crippen LogP contribution is -2.32. The van der Waals surface area contributed by atoms with E-state index in [1.54, 1.807) is 13.0 Å². The van der Waals surface area contributed by atoms with Gasteiger partial charge in [-0.1, -0.05) is 23.2 Å². The molecule has 0 unspecified atom stereocenters. The number of halogens is 2. The number of ether oxygens (including phenoxy) is 2. The molecule has 3 aromatic rings. The molecule has 11 nitrogen and oxygen atoms in total. The molecule has 2 amide bonds. The maximum atomic E-state index is 12.4. The third kappa shape index (κ3) is 7.26. The zero-order valence-corrected chi connectivity index (χ0v) is 20.8. The highest BCUT2D eigenvalue weighted by Gasteiger charge is 2.17. The number of amides is 2. The number of nitrogens with one attached hydrogen (secondary N) is 2. The summed E-state index contributed by atoms with van der Waals surface area (Å²) in [5.74, 6) is -2.49. The number of carbonyl (C=O) groups is 3. The van der Waals surface area contributed by atoms with Gasteiger partial charge in [0.05, 0.1) is 23.3 Å². The van der Waals surface area contributed by atoms with Gasteiger partial charge < -0.3 is 14.8 Å². The summed E-state index contributed by atoms with van der Waals surface area (Å²) in [6.07, 6.45) is 0. The molecule has 0 heterocycles. The van der Waals surface area contributed by atoms with Gasteiger partial charge >= 0.3 is 17.8 Å². The van der Waals surface area contributed by atoms with Gasteiger partial charge in [-0.05, 0) is 55.5 Å². The standard InChI is InChI=1S/C24H18Cl2N4O7/c1-13(28-29-23(32)22(31)27-18-11-16(25)10-17(26)12-18)15-5-8-20(21(9-15)36-2)37-24(33)14-3-6-19(7-4-14)30(34)35/h3-12H,1-2H3,(H,27,31)(H,29,32). The summed E-state index contributed by atoms with van der Waals surface area (Å²) in [5.41, 5.74) is 3.14. The highest BCUT2D eigenvalue weighted by atomic mass is 35.5. The average molecular weight is 545 g/mol. The number of hydrazone groups is 1. The first-order valence-corrected chi connectivity index (χ1v) is 11.1. The molecule has 0 saturated heterocycles. The Bertz CT molecular complexity index is 1390. The highest BCUT2D eigenvalue weighted by Crippen LogP contribution is 2.29. The van der Waals surface area contributed by atoms with Crippen LogP contribution in [0.4, 0.5) is 11.4 Å². The maximum Gasteiger partial charge on any atom is 0.343 e. The number of esters is 1. The molecule has 2 N–H and O–H groups in total. The molecule has 0 atom stereocenters. The third-order valence-corrected chi connectivity index (χ3v) is 5.19. The molecule has 3 rings (SSSR count). The molecule has 37 heavy (non-hydrogen) atoms. The van der Waals surface area contributed by atoms with Crippen molar-refractivity contribution in [3.05, 3.63) is 92.0 Å². The van der Waals surface area contributed by atoms with E-state index in [0.717, 1.165) is 0 Å². The Morgan fingerprint density at radius 2 is 1.51 bits per heavy atom. The Kier molecular flexibility index (Phi) is 8.77. The van der Waals surface area contributed by atoms with Crippen LogP contribution in [0.15, 0.2) is 65.8 Å². The van der Waals surface area contributed by atoms with Gasteiger partial charge in [0.2, 0.25) is 0 Å². The van der Waals surface area contributed by atoms with Crippen LogP contribution >= 0.6 is 23.2 Å². The number of anilines is 1. The Labute approximate surface area is 220 Å². The molecule has 0 saturated carbocycles. The predicted molar refractivity (Wildman–Crippen MR) is 136 cm³/mol. The van der Waals surface area contributed by atoms with Gasteiger partial charge in [-0.2, -0.15) is 5.10 Å². The maximum absolute atomic E-state index is 12.4. The van der Waals surface area contributed by atoms with E-state index in [1.807, 2.05) is 0 Å². The molecule has 3 aromatic carbocycles. The van der Waals surface area contributed by atoms with Crippen molar-refractivity contribution in [2.75, 3.05) is 12.4 Å². The summed E-state index contributed by atoms with van der Waals surface area (Å²) in [4.78, 5) is 46.9. The topological polar surface area (TPSA) is 149 Å². The number of methoxy groups -OCH3 is 1. The van der Waals surface area contributed by atoms with Crippen molar-refractivity contribution in [2.45, 2.75) is 6.92 Å². The minimum absolute atomic E-state index is 0.0889. The fraction of sp³-hybridized carbons (Fsp3) is 0.0833. The zero-order valence-electron chi connectivity index (χ0n) is 19.3. The molecule has 0 spiro atoms. The number of rotatable bonds is 7. The van der Waals surface area contributed by atoms with E-state index in [1.165, 1.54) is 61.7 Å². The Balaban J connectivity index is 1.66. The van der Waals surface area contributed by atoms with Crippen LogP contribution < -0.4 is 20.2 Å². The van der Waals surface area contributed by atoms with E-state index in [2.05, 4.69) is 15.8 Å². The molecule has 13 heteroatoms. The quantitative estimate of drug-likeness (QED) is 0.110. The van der Waals surface area contributed by atoms with Gasteiger partial charge in [0.25, 0.3) is 5.69 Å². The monoisotopic (exact) mass is 544 g/mol. The Morgan fingerprint density at radius 1 is 0.892 bits per heavy atom. The van der Waals surface area contributed by atoms with E-state index >= 15 is 0 Å². The van der Waals surface area contributed by atoms with Crippen LogP contribution in [0.25, 0.3) is 0 Å². The number of carbonyl (C=O) groups excluding carboxylic acids is 3. The summed E-state index contributed by atoms with van der Waals surface area (Å²) in [6.45, 7) is 1.58. The summed E-state index contributed by atoms with van der Waals surface area (Å²) in [7, 11) is 1.36. The average Bonchev–Trinajstić information content (AvgIpc) is 2.86. The number of nitro benzene ring substituents is 1. The van der Waals surface area contributed by atoms with Crippen molar-refractivity contribution in [3.8, 4) is 11.5 Å². The summed E-state index contributed by atoms with van der Waals surface area (Å²) >= 11 is 11.8. The normalized spacial score (nSPS) is 10.9. The van der Waals surface area contributed by atoms with Crippen LogP contribution in [-0.2, 0) is 9.59 Å². The summed E-state index contributed by atoms with van der Waals surface area (Å²) in [5, 5.41) is 17.6. The van der Waals surface area contributed by atoms with Gasteiger partial charge in [0.15, 0.2) is 11.5 Å². The van der Waals surface area contributed by atoms with Crippen molar-refractivity contribution in [1.82, 2.24) is 5.43 Å². The van der Waals surface area contributed by atoms with Gasteiger partial charge in [-0.3, -0.25) is 19.7 Å². The first-order chi connectivity index (χ1) is 17.6. The van der Waals surface area contributed by atoms with E-state index in [0.29, 0.717) is 11.3 Å². The van der Waals surface area contributed by atoms with Gasteiger partial charge in [-0.25, -0.2) is 10.2 Å². The minimum Gasteiger partial charge on any atom is -0.493 e. The second-order valence-corrected chi connectivity index (χ2v) is 8.18. The van der Waals surface area contributed by atoms with Crippen molar-refractivity contribution in [3.63, 3.8) is 0 Å². The second-order valence-electron chi connectivity index (χ2n) is 7.31. The van der Waals surface area contributed by atoms with Crippen LogP contribution in [-0.4, -0.2) is 35.5 Å². The lowest BCUT2D eigenvalue weighted by molar-refractivity contribution is -0.384. The number of hydrogen-bond donors (Lipinski definition) is 2. The smallest absolute Gasteiger partial charge is 0.343 e. The SMILES string of the molecule is COc1cc(C(C)=NNC(=O)C(=O)Nc2cc(Cl)cc(Cl)c2)ccc1OC(=O)c1ccc([N+](=O)[O-])cc1. The van der Waals surface area contributed by atoms with Crippen molar-refractivity contribution in [1.29, 1.82) is 0 Å². The van der Waals surface area contributed by atoms with Crippen molar-refractivity contribution >= 4 is 58.1 Å². The fourth-order valence-electron chi connectivity index (χ4n) is 2.92. The molecule has 0 bridgehead atoms. The number of hydrogen-bond acceptors (Lipinski definition) is 8. The van der Waals surface area contributed by atoms with Crippen LogP contribution in [0.3, 0.4) is 0 Å². The molecular formula is C24H18Cl2N4O7. The molecule has 0 fully saturated rings. The van der Waals surface area contributed by atoms with E-state index in [4.69, 9.17) is 32.7 Å². The van der Waals surface area contributed by atoms with E-state index in [9.17, 15) is 24.5 Å². The molecule has 0 aliphatic heterocycles. The molecule has 0 aromatic heterocycles. The van der Waals surface area contributed by atoms with Crippen molar-refractivity contribution < 1.29 is 28.8 Å². The lowest BCUT2D eigenvalue weighted by Gasteiger charge is -2.11. The van der Waals surface area contributed by atoms with Gasteiger partial charge in [0, 0.05) is 33.4 Å². The highest BCUT2D eigenvalue weighted by molar-refractivity contribution is 6.40. The first-order valence-electron chi connectivity index (χ1n) is 10.3. The molecule has 0 aliphatic rings. The third-order valence-electron chi connectivity index (χ3n) is 4.75. The van der Waals surface area contributed by atoms with Crippen LogP contribution in [0.1, 0.15) is 22.8 Å². The minimum atomic E-state index is -1.03. The Morgan fingerprint density at radius 3 is 2.11 bits per heavy atom. The van der Waals surface area contributed by atoms with Crippen LogP contribution in [0.2, 0.25) is 10.0 Å². The number of nitrogens with zero attached hydrogens (tertiary/aromatic N) is 2. The molecular weight excluding hydrogens is 527 g/mol. The molecule has 0 radical (unpaired) electrons. The zero-order chi connectivity index (χ0) is 27.1. The summed E-state index contributed by atoms with van der Waals surface area (Å²) < 4.78 is 10.6. The molecule has 0 aliphatic carbocycles. The van der Waals surface area contributed by atoms with E-state index < -0.39 is 22.7 Å². The number of non-ortho nitro benzene ring substituents is 1. The van der Waals surface area contributed by atoms with Crippen LogP contribution in [0.5, 0.6) is 11.5 Å². The first kappa shape index (κ1) is 27.1. The van der Waals surface area contributed by atoms with E-state index in [-0.39, 0.29) is 38.5 Å². The number of benzene rings is 3. The molecule has 190 valence electrons. The van der Waals surface area contributed by atoms with Crippen LogP contribution in [0, 0.1) is 10.1 Å². The lowest BCUT2D eigenvalue weighted by atomic mass is 10.1.